The molecule has 2 heterocycles. The molecule has 80 valence electrons. The van der Waals surface area contributed by atoms with Crippen molar-refractivity contribution in [3.05, 3.63) is 35.8 Å². The Bertz CT molecular complexity index is 464. The number of aliphatic hydroxyl groups excluding tert-OH is 1. The van der Waals surface area contributed by atoms with E-state index < -0.39 is 6.10 Å². The number of likely N-dealkylation sites (N-methyl/N-ethyl adjacent to an activating group) is 1. The van der Waals surface area contributed by atoms with Crippen LogP contribution in [0.5, 0.6) is 0 Å². The fourth-order valence-electron chi connectivity index (χ4n) is 1.74. The Morgan fingerprint density at radius 3 is 3.00 bits per heavy atom. The number of nitrogens with one attached hydrogen (secondary N) is 1. The Kier molecular flexibility index (Phi) is 2.70. The van der Waals surface area contributed by atoms with Crippen LogP contribution in [-0.4, -0.2) is 28.1 Å². The minimum Gasteiger partial charge on any atom is -0.385 e. The molecule has 0 aromatic carbocycles. The van der Waals surface area contributed by atoms with E-state index in [1.165, 1.54) is 0 Å². The SMILES string of the molecule is CNCC(O)c1nc2ccccn2c1C. The van der Waals surface area contributed by atoms with Crippen molar-refractivity contribution < 1.29 is 5.11 Å². The Hall–Kier alpha value is -1.39. The molecule has 15 heavy (non-hydrogen) atoms. The van der Waals surface area contributed by atoms with E-state index in [2.05, 4.69) is 10.3 Å². The lowest BCUT2D eigenvalue weighted by atomic mass is 10.2. The van der Waals surface area contributed by atoms with Gasteiger partial charge in [0.05, 0.1) is 5.69 Å². The average molecular weight is 205 g/mol. The molecular formula is C11H15N3O. The second-order valence-electron chi connectivity index (χ2n) is 3.58. The molecule has 0 bridgehead atoms. The molecule has 0 radical (unpaired) electrons. The lowest BCUT2D eigenvalue weighted by molar-refractivity contribution is 0.173. The lowest BCUT2D eigenvalue weighted by Gasteiger charge is -2.07. The van der Waals surface area contributed by atoms with Crippen molar-refractivity contribution in [2.45, 2.75) is 13.0 Å². The maximum atomic E-state index is 9.86. The Morgan fingerprint density at radius 1 is 1.53 bits per heavy atom. The second-order valence-corrected chi connectivity index (χ2v) is 3.58. The zero-order valence-electron chi connectivity index (χ0n) is 8.94. The maximum Gasteiger partial charge on any atom is 0.137 e. The molecule has 2 aromatic heterocycles. The van der Waals surface area contributed by atoms with Crippen LogP contribution in [0.3, 0.4) is 0 Å². The van der Waals surface area contributed by atoms with E-state index in [1.807, 2.05) is 42.8 Å². The van der Waals surface area contributed by atoms with Crippen molar-refractivity contribution >= 4 is 5.65 Å². The quantitative estimate of drug-likeness (QED) is 0.782. The van der Waals surface area contributed by atoms with Gasteiger partial charge < -0.3 is 14.8 Å². The van der Waals surface area contributed by atoms with Crippen molar-refractivity contribution in [2.75, 3.05) is 13.6 Å². The van der Waals surface area contributed by atoms with Crippen LogP contribution in [0.4, 0.5) is 0 Å². The van der Waals surface area contributed by atoms with Gasteiger partial charge in [-0.3, -0.25) is 0 Å². The van der Waals surface area contributed by atoms with E-state index in [9.17, 15) is 5.11 Å². The van der Waals surface area contributed by atoms with Crippen LogP contribution >= 0.6 is 0 Å². The summed E-state index contributed by atoms with van der Waals surface area (Å²) in [7, 11) is 1.81. The zero-order valence-corrected chi connectivity index (χ0v) is 8.94. The van der Waals surface area contributed by atoms with Gasteiger partial charge in [-0.1, -0.05) is 6.07 Å². The summed E-state index contributed by atoms with van der Waals surface area (Å²) < 4.78 is 1.98. The van der Waals surface area contributed by atoms with Crippen LogP contribution in [0.25, 0.3) is 5.65 Å². The smallest absolute Gasteiger partial charge is 0.137 e. The number of imidazole rings is 1. The largest absolute Gasteiger partial charge is 0.385 e. The van der Waals surface area contributed by atoms with Crippen LogP contribution in [-0.2, 0) is 0 Å². The monoisotopic (exact) mass is 205 g/mol. The second kappa shape index (κ2) is 4.00. The first-order valence-electron chi connectivity index (χ1n) is 5.00. The third-order valence-corrected chi connectivity index (χ3v) is 2.52. The number of aryl methyl sites for hydroxylation is 1. The summed E-state index contributed by atoms with van der Waals surface area (Å²) in [4.78, 5) is 4.40. The van der Waals surface area contributed by atoms with E-state index in [-0.39, 0.29) is 0 Å². The minimum atomic E-state index is -0.546. The highest BCUT2D eigenvalue weighted by Crippen LogP contribution is 2.17. The fraction of sp³-hybridized carbons (Fsp3) is 0.364. The van der Waals surface area contributed by atoms with Crippen LogP contribution in [0, 0.1) is 6.92 Å². The molecule has 4 nitrogen and oxygen atoms in total. The zero-order chi connectivity index (χ0) is 10.8. The molecule has 0 saturated heterocycles. The Balaban J connectivity index is 2.48. The lowest BCUT2D eigenvalue weighted by Crippen LogP contribution is -2.17. The topological polar surface area (TPSA) is 49.6 Å². The molecule has 2 aromatic rings. The number of nitrogens with zero attached hydrogens (tertiary/aromatic N) is 2. The minimum absolute atomic E-state index is 0.519. The summed E-state index contributed by atoms with van der Waals surface area (Å²) in [6.45, 7) is 2.49. The van der Waals surface area contributed by atoms with Crippen molar-refractivity contribution in [3.63, 3.8) is 0 Å². The van der Waals surface area contributed by atoms with Gasteiger partial charge >= 0.3 is 0 Å². The summed E-state index contributed by atoms with van der Waals surface area (Å²) in [6.07, 6.45) is 1.41. The average Bonchev–Trinajstić information content (AvgIpc) is 2.57. The van der Waals surface area contributed by atoms with E-state index >= 15 is 0 Å². The first kappa shape index (κ1) is 10.1. The molecule has 0 amide bonds. The molecule has 0 aliphatic rings. The number of hydrogen-bond donors (Lipinski definition) is 2. The number of rotatable bonds is 3. The number of fused-ring (bicyclic) bond motifs is 1. The van der Waals surface area contributed by atoms with Crippen molar-refractivity contribution in [3.8, 4) is 0 Å². The number of pyridine rings is 1. The molecule has 2 N–H and O–H groups in total. The normalized spacial score (nSPS) is 13.3. The van der Waals surface area contributed by atoms with Gasteiger partial charge in [0.1, 0.15) is 11.8 Å². The fourth-order valence-corrected chi connectivity index (χ4v) is 1.74. The van der Waals surface area contributed by atoms with Crippen molar-refractivity contribution in [1.29, 1.82) is 0 Å². The van der Waals surface area contributed by atoms with Crippen LogP contribution in [0.1, 0.15) is 17.5 Å². The van der Waals surface area contributed by atoms with Crippen molar-refractivity contribution in [1.82, 2.24) is 14.7 Å². The number of aliphatic hydroxyl groups is 1. The predicted octanol–water partition coefficient (Wildman–Crippen LogP) is 0.896. The van der Waals surface area contributed by atoms with Gasteiger partial charge in [0.2, 0.25) is 0 Å². The summed E-state index contributed by atoms with van der Waals surface area (Å²) in [5.74, 6) is 0. The molecule has 2 rings (SSSR count). The van der Waals surface area contributed by atoms with Crippen LogP contribution in [0.15, 0.2) is 24.4 Å². The van der Waals surface area contributed by atoms with Gasteiger partial charge in [0, 0.05) is 18.4 Å². The first-order valence-corrected chi connectivity index (χ1v) is 5.00. The van der Waals surface area contributed by atoms with E-state index in [0.29, 0.717) is 6.54 Å². The van der Waals surface area contributed by atoms with E-state index in [0.717, 1.165) is 17.0 Å². The molecular weight excluding hydrogens is 190 g/mol. The van der Waals surface area contributed by atoms with Gasteiger partial charge in [-0.15, -0.1) is 0 Å². The van der Waals surface area contributed by atoms with E-state index in [4.69, 9.17) is 0 Å². The summed E-state index contributed by atoms with van der Waals surface area (Å²) in [6, 6.07) is 5.83. The predicted molar refractivity (Wildman–Crippen MR) is 58.8 cm³/mol. The highest BCUT2D eigenvalue weighted by molar-refractivity contribution is 5.43. The van der Waals surface area contributed by atoms with Crippen molar-refractivity contribution in [2.24, 2.45) is 0 Å². The van der Waals surface area contributed by atoms with Crippen LogP contribution < -0.4 is 5.32 Å². The highest BCUT2D eigenvalue weighted by atomic mass is 16.3. The van der Waals surface area contributed by atoms with Gasteiger partial charge in [0.15, 0.2) is 0 Å². The highest BCUT2D eigenvalue weighted by Gasteiger charge is 2.15. The maximum absolute atomic E-state index is 9.86. The molecule has 0 saturated carbocycles. The van der Waals surface area contributed by atoms with Gasteiger partial charge in [-0.25, -0.2) is 4.98 Å². The molecule has 1 unspecified atom stereocenters. The first-order chi connectivity index (χ1) is 7.24. The van der Waals surface area contributed by atoms with Crippen LogP contribution in [0.2, 0.25) is 0 Å². The Morgan fingerprint density at radius 2 is 2.33 bits per heavy atom. The number of hydrogen-bond acceptors (Lipinski definition) is 3. The molecule has 0 fully saturated rings. The van der Waals surface area contributed by atoms with Gasteiger partial charge in [-0.05, 0) is 26.1 Å². The third kappa shape index (κ3) is 1.73. The summed E-state index contributed by atoms with van der Waals surface area (Å²) >= 11 is 0. The van der Waals surface area contributed by atoms with Gasteiger partial charge in [-0.2, -0.15) is 0 Å². The summed E-state index contributed by atoms with van der Waals surface area (Å²) in [5.41, 5.74) is 2.61. The summed E-state index contributed by atoms with van der Waals surface area (Å²) in [5, 5.41) is 12.8. The molecule has 1 atom stereocenters. The van der Waals surface area contributed by atoms with E-state index in [1.54, 1.807) is 0 Å². The van der Waals surface area contributed by atoms with Gasteiger partial charge in [0.25, 0.3) is 0 Å². The third-order valence-electron chi connectivity index (χ3n) is 2.52. The Labute approximate surface area is 88.6 Å². The molecule has 4 heteroatoms. The molecule has 0 aliphatic carbocycles. The number of aromatic nitrogens is 2. The molecule has 0 spiro atoms. The standard InChI is InChI=1S/C11H15N3O/c1-8-11(9(15)7-12-2)13-10-5-3-4-6-14(8)10/h3-6,9,12,15H,7H2,1-2H3. The molecule has 0 aliphatic heterocycles.